The number of ether oxygens (including phenoxy) is 1. The van der Waals surface area contributed by atoms with E-state index in [4.69, 9.17) is 17.0 Å². The van der Waals surface area contributed by atoms with Crippen molar-refractivity contribution in [2.24, 2.45) is 0 Å². The summed E-state index contributed by atoms with van der Waals surface area (Å²) >= 11 is 6.91. The molecule has 2 aromatic carbocycles. The number of methoxy groups -OCH3 is 1. The van der Waals surface area contributed by atoms with Gasteiger partial charge in [-0.1, -0.05) is 79.8 Å². The molecule has 228 valence electrons. The Morgan fingerprint density at radius 2 is 1.68 bits per heavy atom. The molecule has 0 N–H and O–H groups in total. The Bertz CT molecular complexity index is 1650. The van der Waals surface area contributed by atoms with Crippen molar-refractivity contribution >= 4 is 46.1 Å². The molecule has 2 aliphatic heterocycles. The molecule has 0 bridgehead atoms. The van der Waals surface area contributed by atoms with Gasteiger partial charge in [0.25, 0.3) is 11.5 Å². The SMILES string of the molecule is CCCCn1c(N2CCN(Cc3ccccc3)CC2)c(C=C2SC(=S)N(Cc3ccc(OC)cc3)C2=O)c(C)c(C#N)c1=O. The van der Waals surface area contributed by atoms with E-state index in [1.54, 1.807) is 16.6 Å². The second-order valence-corrected chi connectivity index (χ2v) is 12.7. The lowest BCUT2D eigenvalue weighted by molar-refractivity contribution is -0.122. The van der Waals surface area contributed by atoms with Gasteiger partial charge >= 0.3 is 0 Å². The van der Waals surface area contributed by atoms with E-state index in [9.17, 15) is 14.9 Å². The van der Waals surface area contributed by atoms with Gasteiger partial charge in [0.15, 0.2) is 0 Å². The number of pyridine rings is 1. The lowest BCUT2D eigenvalue weighted by Gasteiger charge is -2.38. The molecule has 1 amide bonds. The molecule has 5 rings (SSSR count). The molecule has 0 spiro atoms. The predicted molar refractivity (Wildman–Crippen MR) is 181 cm³/mol. The lowest BCUT2D eigenvalue weighted by Crippen LogP contribution is -2.48. The van der Waals surface area contributed by atoms with Crippen molar-refractivity contribution in [1.82, 2.24) is 14.4 Å². The van der Waals surface area contributed by atoms with Crippen LogP contribution in [0, 0.1) is 18.3 Å². The third-order valence-corrected chi connectivity index (χ3v) is 9.53. The summed E-state index contributed by atoms with van der Waals surface area (Å²) < 4.78 is 7.49. The second-order valence-electron chi connectivity index (χ2n) is 11.0. The molecule has 2 aliphatic rings. The van der Waals surface area contributed by atoms with Crippen LogP contribution in [0.3, 0.4) is 0 Å². The first-order valence-electron chi connectivity index (χ1n) is 14.9. The van der Waals surface area contributed by atoms with Gasteiger partial charge in [0.2, 0.25) is 0 Å². The fraction of sp³-hybridized carbons (Fsp3) is 0.353. The van der Waals surface area contributed by atoms with Gasteiger partial charge in [0.05, 0.1) is 18.6 Å². The number of carbonyl (C=O) groups is 1. The number of thioether (sulfide) groups is 1. The van der Waals surface area contributed by atoms with Crippen LogP contribution in [-0.4, -0.2) is 57.9 Å². The molecule has 8 nitrogen and oxygen atoms in total. The summed E-state index contributed by atoms with van der Waals surface area (Å²) in [5.74, 6) is 1.34. The van der Waals surface area contributed by atoms with Gasteiger partial charge in [-0.25, -0.2) is 0 Å². The molecule has 0 radical (unpaired) electrons. The highest BCUT2D eigenvalue weighted by Gasteiger charge is 2.34. The topological polar surface area (TPSA) is 81.8 Å². The number of anilines is 1. The number of thiocarbonyl (C=S) groups is 1. The molecule has 1 aromatic heterocycles. The molecule has 3 aromatic rings. The van der Waals surface area contributed by atoms with E-state index in [1.807, 2.05) is 43.3 Å². The summed E-state index contributed by atoms with van der Waals surface area (Å²) in [7, 11) is 1.62. The standard InChI is InChI=1S/C34H37N5O3S2/c1-4-5-15-38-31(37-18-16-36(17-19-37)22-25-9-7-6-8-10-25)28(24(2)29(21-35)32(38)40)20-30-33(41)39(34(43)44-30)23-26-11-13-27(42-3)14-12-26/h6-14,20H,4-5,15-19,22-23H2,1-3H3. The van der Waals surface area contributed by atoms with E-state index in [0.29, 0.717) is 27.9 Å². The lowest BCUT2D eigenvalue weighted by atomic mass is 10.0. The number of piperazine rings is 1. The zero-order chi connectivity index (χ0) is 31.2. The summed E-state index contributed by atoms with van der Waals surface area (Å²) in [6.07, 6.45) is 3.56. The highest BCUT2D eigenvalue weighted by atomic mass is 32.2. The molecule has 0 atom stereocenters. The van der Waals surface area contributed by atoms with E-state index in [0.717, 1.165) is 68.3 Å². The van der Waals surface area contributed by atoms with Crippen molar-refractivity contribution in [3.63, 3.8) is 0 Å². The molecule has 0 saturated carbocycles. The van der Waals surface area contributed by atoms with E-state index >= 15 is 0 Å². The van der Waals surface area contributed by atoms with Gasteiger partial charge in [-0.3, -0.25) is 24.0 Å². The third-order valence-electron chi connectivity index (χ3n) is 8.15. The Kier molecular flexibility index (Phi) is 10.2. The monoisotopic (exact) mass is 627 g/mol. The summed E-state index contributed by atoms with van der Waals surface area (Å²) in [4.78, 5) is 34.1. The number of rotatable bonds is 10. The molecule has 3 heterocycles. The maximum absolute atomic E-state index is 13.7. The number of hydrogen-bond donors (Lipinski definition) is 0. The smallest absolute Gasteiger partial charge is 0.270 e. The molecular formula is C34H37N5O3S2. The minimum absolute atomic E-state index is 0.118. The molecule has 0 aliphatic carbocycles. The van der Waals surface area contributed by atoms with Crippen LogP contribution in [0.15, 0.2) is 64.3 Å². The maximum atomic E-state index is 13.7. The Morgan fingerprint density at radius 1 is 1.00 bits per heavy atom. The zero-order valence-corrected chi connectivity index (χ0v) is 27.0. The largest absolute Gasteiger partial charge is 0.497 e. The van der Waals surface area contributed by atoms with E-state index in [-0.39, 0.29) is 17.0 Å². The van der Waals surface area contributed by atoms with Crippen LogP contribution >= 0.6 is 24.0 Å². The zero-order valence-electron chi connectivity index (χ0n) is 25.4. The molecule has 44 heavy (non-hydrogen) atoms. The van der Waals surface area contributed by atoms with Gasteiger partial charge in [-0.05, 0) is 48.2 Å². The van der Waals surface area contributed by atoms with E-state index < -0.39 is 0 Å². The minimum Gasteiger partial charge on any atom is -0.497 e. The van der Waals surface area contributed by atoms with Crippen LogP contribution in [-0.2, 0) is 24.4 Å². The quantitative estimate of drug-likeness (QED) is 0.214. The van der Waals surface area contributed by atoms with Crippen molar-refractivity contribution in [3.05, 3.63) is 97.7 Å². The number of aromatic nitrogens is 1. The number of hydrogen-bond acceptors (Lipinski definition) is 8. The number of nitriles is 1. The fourth-order valence-corrected chi connectivity index (χ4v) is 6.89. The Morgan fingerprint density at radius 3 is 2.32 bits per heavy atom. The third kappa shape index (κ3) is 6.75. The fourth-order valence-electron chi connectivity index (χ4n) is 5.65. The van der Waals surface area contributed by atoms with Crippen LogP contribution < -0.4 is 15.2 Å². The first kappa shape index (κ1) is 31.5. The Labute approximate surface area is 268 Å². The van der Waals surface area contributed by atoms with E-state index in [2.05, 4.69) is 47.1 Å². The molecule has 2 saturated heterocycles. The number of amides is 1. The summed E-state index contributed by atoms with van der Waals surface area (Å²) in [5, 5.41) is 10.0. The maximum Gasteiger partial charge on any atom is 0.270 e. The average Bonchev–Trinajstić information content (AvgIpc) is 3.30. The van der Waals surface area contributed by atoms with Gasteiger partial charge in [0, 0.05) is 44.8 Å². The summed E-state index contributed by atoms with van der Waals surface area (Å²) in [6, 6.07) is 20.1. The van der Waals surface area contributed by atoms with Crippen LogP contribution in [0.2, 0.25) is 0 Å². The van der Waals surface area contributed by atoms with Crippen molar-refractivity contribution in [3.8, 4) is 11.8 Å². The second kappa shape index (κ2) is 14.2. The van der Waals surface area contributed by atoms with Crippen LogP contribution in [0.5, 0.6) is 5.75 Å². The normalized spacial score (nSPS) is 16.5. The number of carbonyl (C=O) groups excluding carboxylic acids is 1. The van der Waals surface area contributed by atoms with E-state index in [1.165, 1.54) is 17.3 Å². The summed E-state index contributed by atoms with van der Waals surface area (Å²) in [5.41, 5.74) is 3.38. The Balaban J connectivity index is 1.49. The van der Waals surface area contributed by atoms with Crippen LogP contribution in [0.4, 0.5) is 5.82 Å². The van der Waals surface area contributed by atoms with Crippen LogP contribution in [0.25, 0.3) is 6.08 Å². The molecule has 10 heteroatoms. The number of nitrogens with zero attached hydrogens (tertiary/aromatic N) is 5. The van der Waals surface area contributed by atoms with Crippen molar-refractivity contribution in [2.75, 3.05) is 38.2 Å². The van der Waals surface area contributed by atoms with Gasteiger partial charge in [-0.15, -0.1) is 0 Å². The highest BCUT2D eigenvalue weighted by molar-refractivity contribution is 8.26. The molecule has 2 fully saturated rings. The van der Waals surface area contributed by atoms with Crippen molar-refractivity contribution in [1.29, 1.82) is 5.26 Å². The molecular weight excluding hydrogens is 591 g/mol. The van der Waals surface area contributed by atoms with Gasteiger partial charge in [0.1, 0.15) is 27.5 Å². The van der Waals surface area contributed by atoms with Crippen LogP contribution in [0.1, 0.15) is 47.6 Å². The number of benzene rings is 2. The van der Waals surface area contributed by atoms with Crippen molar-refractivity contribution < 1.29 is 9.53 Å². The first-order chi connectivity index (χ1) is 21.3. The highest BCUT2D eigenvalue weighted by Crippen LogP contribution is 2.37. The van der Waals surface area contributed by atoms with Gasteiger partial charge < -0.3 is 9.64 Å². The van der Waals surface area contributed by atoms with Gasteiger partial charge in [-0.2, -0.15) is 5.26 Å². The summed E-state index contributed by atoms with van der Waals surface area (Å²) in [6.45, 7) is 8.73. The minimum atomic E-state index is -0.274. The first-order valence-corrected chi connectivity index (χ1v) is 16.1. The average molecular weight is 628 g/mol. The predicted octanol–water partition coefficient (Wildman–Crippen LogP) is 5.56. The van der Waals surface area contributed by atoms with Crippen molar-refractivity contribution in [2.45, 2.75) is 46.3 Å². The Hall–Kier alpha value is -3.91. The molecule has 0 unspecified atom stereocenters. The number of unbranched alkanes of at least 4 members (excludes halogenated alkanes) is 1.